The highest BCUT2D eigenvalue weighted by Gasteiger charge is 2.31. The molecule has 6 nitrogen and oxygen atoms in total. The zero-order chi connectivity index (χ0) is 24.2. The molecule has 2 rings (SSSR count). The lowest BCUT2D eigenvalue weighted by Crippen LogP contribution is -2.22. The zero-order valence-corrected chi connectivity index (χ0v) is 16.3. The summed E-state index contributed by atoms with van der Waals surface area (Å²) in [5.41, 5.74) is -0.213. The van der Waals surface area contributed by atoms with E-state index in [1.54, 1.807) is 0 Å². The number of hydrogen-bond donors (Lipinski definition) is 1. The minimum absolute atomic E-state index is 0.213. The number of anilines is 1. The largest absolute Gasteiger partial charge is 0.484 e. The Hall–Kier alpha value is -2.97. The van der Waals surface area contributed by atoms with E-state index in [4.69, 9.17) is 0 Å². The minimum Gasteiger partial charge on any atom is -0.484 e. The molecule has 0 amide bonds. The Morgan fingerprint density at radius 2 is 1.34 bits per heavy atom. The van der Waals surface area contributed by atoms with E-state index >= 15 is 0 Å². The van der Waals surface area contributed by atoms with Crippen LogP contribution in [0.1, 0.15) is 0 Å². The summed E-state index contributed by atoms with van der Waals surface area (Å²) in [5, 5.41) is 0. The molecule has 0 bridgehead atoms. The van der Waals surface area contributed by atoms with Crippen molar-refractivity contribution in [3.63, 3.8) is 0 Å². The first-order valence-electron chi connectivity index (χ1n) is 8.25. The molecule has 0 fully saturated rings. The number of benzene rings is 2. The van der Waals surface area contributed by atoms with Crippen molar-refractivity contribution in [1.29, 1.82) is 0 Å². The van der Waals surface area contributed by atoms with Gasteiger partial charge < -0.3 is 14.2 Å². The Labute approximate surface area is 175 Å². The van der Waals surface area contributed by atoms with Crippen molar-refractivity contribution in [3.05, 3.63) is 42.5 Å². The van der Waals surface area contributed by atoms with Crippen molar-refractivity contribution in [2.24, 2.45) is 0 Å². The summed E-state index contributed by atoms with van der Waals surface area (Å²) >= 11 is 0. The Bertz CT molecular complexity index is 1010. The Morgan fingerprint density at radius 1 is 0.812 bits per heavy atom. The van der Waals surface area contributed by atoms with E-state index in [9.17, 15) is 43.5 Å². The van der Waals surface area contributed by atoms with Crippen LogP contribution in [0, 0.1) is 0 Å². The molecule has 0 aliphatic heterocycles. The van der Waals surface area contributed by atoms with Crippen LogP contribution in [0.3, 0.4) is 0 Å². The lowest BCUT2D eigenvalue weighted by Gasteiger charge is -2.16. The van der Waals surface area contributed by atoms with E-state index in [1.807, 2.05) is 4.72 Å². The van der Waals surface area contributed by atoms with Crippen molar-refractivity contribution in [2.75, 3.05) is 17.9 Å². The molecule has 2 aromatic carbocycles. The molecule has 0 aliphatic rings. The van der Waals surface area contributed by atoms with Gasteiger partial charge in [-0.2, -0.15) is 35.1 Å². The van der Waals surface area contributed by atoms with Crippen LogP contribution in [0.15, 0.2) is 47.4 Å². The molecule has 178 valence electrons. The third-order valence-corrected chi connectivity index (χ3v) is 4.73. The number of sulfonamides is 1. The molecule has 0 spiro atoms. The van der Waals surface area contributed by atoms with Crippen molar-refractivity contribution in [2.45, 2.75) is 23.9 Å². The van der Waals surface area contributed by atoms with Gasteiger partial charge in [0.2, 0.25) is 0 Å². The van der Waals surface area contributed by atoms with Crippen LogP contribution in [-0.4, -0.2) is 40.6 Å². The van der Waals surface area contributed by atoms with Gasteiger partial charge in [-0.15, -0.1) is 0 Å². The number of ether oxygens (including phenoxy) is 3. The molecule has 0 saturated carbocycles. The Morgan fingerprint density at radius 3 is 1.88 bits per heavy atom. The van der Waals surface area contributed by atoms with Gasteiger partial charge in [-0.3, -0.25) is 4.72 Å². The highest BCUT2D eigenvalue weighted by Crippen LogP contribution is 2.32. The van der Waals surface area contributed by atoms with Crippen LogP contribution in [0.2, 0.25) is 0 Å². The van der Waals surface area contributed by atoms with E-state index < -0.39 is 58.6 Å². The molecule has 15 heteroatoms. The van der Waals surface area contributed by atoms with Gasteiger partial charge in [0, 0.05) is 11.8 Å². The second kappa shape index (κ2) is 9.67. The van der Waals surface area contributed by atoms with Crippen LogP contribution in [0.5, 0.6) is 17.2 Å². The third kappa shape index (κ3) is 8.28. The SMILES string of the molecule is O=S(=O)(Nc1ccc(OC(F)F)cc1)c1cc(OCC(F)(F)F)ccc1OCC(F)(F)F. The average Bonchev–Trinajstić information content (AvgIpc) is 2.65. The fourth-order valence-electron chi connectivity index (χ4n) is 2.15. The first kappa shape index (κ1) is 25.3. The standard InChI is InChI=1S/C17H13F8NO5S/c18-15(19)31-11-3-1-10(2-4-11)26-32(27,28)14-7-12(29-8-16(20,21)22)5-6-13(14)30-9-17(23,24)25/h1-7,15,26H,8-9H2. The van der Waals surface area contributed by atoms with Crippen LogP contribution in [-0.2, 0) is 10.0 Å². The van der Waals surface area contributed by atoms with Crippen molar-refractivity contribution in [1.82, 2.24) is 0 Å². The second-order valence-electron chi connectivity index (χ2n) is 5.92. The Kier molecular flexibility index (Phi) is 7.64. The van der Waals surface area contributed by atoms with Crippen LogP contribution < -0.4 is 18.9 Å². The fraction of sp³-hybridized carbons (Fsp3) is 0.294. The van der Waals surface area contributed by atoms with E-state index in [1.165, 1.54) is 0 Å². The van der Waals surface area contributed by atoms with E-state index in [-0.39, 0.29) is 11.4 Å². The zero-order valence-electron chi connectivity index (χ0n) is 15.5. The van der Waals surface area contributed by atoms with Gasteiger partial charge in [-0.25, -0.2) is 8.42 Å². The number of rotatable bonds is 9. The van der Waals surface area contributed by atoms with Gasteiger partial charge >= 0.3 is 19.0 Å². The summed E-state index contributed by atoms with van der Waals surface area (Å²) in [4.78, 5) is -0.950. The molecule has 0 radical (unpaired) electrons. The molecule has 0 heterocycles. The number of alkyl halides is 8. The normalized spacial score (nSPS) is 12.5. The van der Waals surface area contributed by atoms with Crippen LogP contribution >= 0.6 is 0 Å². The topological polar surface area (TPSA) is 73.9 Å². The predicted octanol–water partition coefficient (Wildman–Crippen LogP) is 4.97. The number of halogens is 8. The van der Waals surface area contributed by atoms with Gasteiger partial charge in [0.1, 0.15) is 22.1 Å². The highest BCUT2D eigenvalue weighted by molar-refractivity contribution is 7.92. The quantitative estimate of drug-likeness (QED) is 0.498. The monoisotopic (exact) mass is 495 g/mol. The molecule has 0 atom stereocenters. The van der Waals surface area contributed by atoms with Gasteiger partial charge in [0.25, 0.3) is 10.0 Å². The third-order valence-electron chi connectivity index (χ3n) is 3.33. The molecule has 2 aromatic rings. The summed E-state index contributed by atoms with van der Waals surface area (Å²) in [6.45, 7) is -6.79. The summed E-state index contributed by atoms with van der Waals surface area (Å²) < 4.78 is 139. The predicted molar refractivity (Wildman–Crippen MR) is 93.4 cm³/mol. The molecule has 32 heavy (non-hydrogen) atoms. The van der Waals surface area contributed by atoms with Crippen LogP contribution in [0.4, 0.5) is 40.8 Å². The fourth-order valence-corrected chi connectivity index (χ4v) is 3.37. The van der Waals surface area contributed by atoms with Gasteiger partial charge in [-0.05, 0) is 36.4 Å². The maximum absolute atomic E-state index is 12.7. The minimum atomic E-state index is -4.83. The molecule has 0 aromatic heterocycles. The van der Waals surface area contributed by atoms with Crippen molar-refractivity contribution < 1.29 is 57.8 Å². The molecular formula is C17H13F8NO5S. The molecular weight excluding hydrogens is 482 g/mol. The summed E-state index contributed by atoms with van der Waals surface area (Å²) in [6, 6.07) is 6.03. The maximum atomic E-state index is 12.7. The van der Waals surface area contributed by atoms with Crippen molar-refractivity contribution >= 4 is 15.7 Å². The van der Waals surface area contributed by atoms with E-state index in [0.717, 1.165) is 30.3 Å². The van der Waals surface area contributed by atoms with E-state index in [2.05, 4.69) is 14.2 Å². The van der Waals surface area contributed by atoms with Crippen molar-refractivity contribution in [3.8, 4) is 17.2 Å². The van der Waals surface area contributed by atoms with E-state index in [0.29, 0.717) is 12.1 Å². The molecule has 0 aliphatic carbocycles. The first-order valence-corrected chi connectivity index (χ1v) is 9.74. The maximum Gasteiger partial charge on any atom is 0.422 e. The summed E-state index contributed by atoms with van der Waals surface area (Å²) in [7, 11) is -4.72. The highest BCUT2D eigenvalue weighted by atomic mass is 32.2. The molecule has 0 unspecified atom stereocenters. The van der Waals surface area contributed by atoms with Crippen LogP contribution in [0.25, 0.3) is 0 Å². The van der Waals surface area contributed by atoms with Gasteiger partial charge in [0.15, 0.2) is 13.2 Å². The number of hydrogen-bond acceptors (Lipinski definition) is 5. The molecule has 0 saturated heterocycles. The summed E-state index contributed by atoms with van der Waals surface area (Å²) in [5.74, 6) is -1.73. The smallest absolute Gasteiger partial charge is 0.422 e. The van der Waals surface area contributed by atoms with Gasteiger partial charge in [-0.1, -0.05) is 0 Å². The van der Waals surface area contributed by atoms with Gasteiger partial charge in [0.05, 0.1) is 0 Å². The lowest BCUT2D eigenvalue weighted by atomic mass is 10.3. The Balaban J connectivity index is 2.33. The summed E-state index contributed by atoms with van der Waals surface area (Å²) in [6.07, 6.45) is -9.59. The number of nitrogens with one attached hydrogen (secondary N) is 1. The lowest BCUT2D eigenvalue weighted by molar-refractivity contribution is -0.154. The molecule has 1 N–H and O–H groups in total. The first-order chi connectivity index (χ1) is 14.6. The second-order valence-corrected chi connectivity index (χ2v) is 7.58. The average molecular weight is 495 g/mol.